The largest absolute Gasteiger partial charge is 0.431 e. The summed E-state index contributed by atoms with van der Waals surface area (Å²) in [5.41, 5.74) is 8.29. The van der Waals surface area contributed by atoms with E-state index < -0.39 is 4.92 Å². The molecule has 104 valence electrons. The number of nitro groups is 1. The number of benzene rings is 1. The molecule has 0 radical (unpaired) electrons. The fraction of sp³-hybridized carbons (Fsp3) is 0.214. The summed E-state index contributed by atoms with van der Waals surface area (Å²) >= 11 is 0. The number of rotatable bonds is 3. The van der Waals surface area contributed by atoms with Gasteiger partial charge in [-0.15, -0.1) is 0 Å². The van der Waals surface area contributed by atoms with Crippen molar-refractivity contribution in [3.63, 3.8) is 0 Å². The van der Waals surface area contributed by atoms with Gasteiger partial charge in [-0.25, -0.2) is 4.98 Å². The van der Waals surface area contributed by atoms with Gasteiger partial charge in [0.05, 0.1) is 16.8 Å². The van der Waals surface area contributed by atoms with Gasteiger partial charge in [-0.3, -0.25) is 10.1 Å². The van der Waals surface area contributed by atoms with Crippen molar-refractivity contribution in [3.05, 3.63) is 51.2 Å². The van der Waals surface area contributed by atoms with Crippen LogP contribution < -0.4 is 10.5 Å². The van der Waals surface area contributed by atoms with E-state index in [2.05, 4.69) is 4.98 Å². The van der Waals surface area contributed by atoms with Crippen LogP contribution in [-0.4, -0.2) is 9.91 Å². The highest BCUT2D eigenvalue weighted by atomic mass is 16.6. The lowest BCUT2D eigenvalue weighted by molar-refractivity contribution is -0.385. The van der Waals surface area contributed by atoms with Crippen LogP contribution >= 0.6 is 0 Å². The Labute approximate surface area is 116 Å². The Balaban J connectivity index is 2.50. The van der Waals surface area contributed by atoms with Crippen LogP contribution in [0.4, 0.5) is 11.4 Å². The van der Waals surface area contributed by atoms with E-state index in [0.29, 0.717) is 17.1 Å². The molecule has 0 saturated carbocycles. The standard InChI is InChI=1S/C14H15N3O3/c1-8-4-9(2)13(12(5-8)17(18)19)20-14-10(3)6-11(15)7-16-14/h4-7H,15H2,1-3H3. The van der Waals surface area contributed by atoms with Gasteiger partial charge in [-0.2, -0.15) is 0 Å². The number of aromatic nitrogens is 1. The fourth-order valence-electron chi connectivity index (χ4n) is 1.99. The predicted molar refractivity (Wildman–Crippen MR) is 76.0 cm³/mol. The molecule has 0 spiro atoms. The number of ether oxygens (including phenoxy) is 1. The average molecular weight is 273 g/mol. The molecule has 2 aromatic rings. The Kier molecular flexibility index (Phi) is 3.56. The van der Waals surface area contributed by atoms with E-state index in [0.717, 1.165) is 11.1 Å². The molecule has 0 bridgehead atoms. The number of nitrogens with zero attached hydrogens (tertiary/aromatic N) is 2. The van der Waals surface area contributed by atoms with Gasteiger partial charge in [0, 0.05) is 11.6 Å². The van der Waals surface area contributed by atoms with Crippen molar-refractivity contribution in [1.29, 1.82) is 0 Å². The summed E-state index contributed by atoms with van der Waals surface area (Å²) < 4.78 is 5.63. The molecule has 0 unspecified atom stereocenters. The number of anilines is 1. The normalized spacial score (nSPS) is 10.3. The minimum Gasteiger partial charge on any atom is -0.431 e. The molecule has 2 rings (SSSR count). The van der Waals surface area contributed by atoms with Gasteiger partial charge in [0.2, 0.25) is 11.6 Å². The van der Waals surface area contributed by atoms with Crippen molar-refractivity contribution in [1.82, 2.24) is 4.98 Å². The zero-order valence-electron chi connectivity index (χ0n) is 11.5. The fourth-order valence-corrected chi connectivity index (χ4v) is 1.99. The summed E-state index contributed by atoms with van der Waals surface area (Å²) in [6, 6.07) is 5.02. The van der Waals surface area contributed by atoms with Crippen LogP contribution in [0.5, 0.6) is 11.6 Å². The van der Waals surface area contributed by atoms with Crippen molar-refractivity contribution in [2.45, 2.75) is 20.8 Å². The number of nitrogens with two attached hydrogens (primary N) is 1. The van der Waals surface area contributed by atoms with Gasteiger partial charge in [-0.05, 0) is 38.0 Å². The van der Waals surface area contributed by atoms with E-state index in [-0.39, 0.29) is 11.4 Å². The SMILES string of the molecule is Cc1cc(C)c(Oc2ncc(N)cc2C)c([N+](=O)[O-])c1. The number of pyridine rings is 1. The van der Waals surface area contributed by atoms with E-state index in [1.165, 1.54) is 12.3 Å². The molecule has 0 aliphatic heterocycles. The van der Waals surface area contributed by atoms with E-state index in [1.807, 2.05) is 6.07 Å². The van der Waals surface area contributed by atoms with E-state index in [9.17, 15) is 10.1 Å². The summed E-state index contributed by atoms with van der Waals surface area (Å²) in [7, 11) is 0. The molecule has 1 heterocycles. The molecule has 0 aliphatic carbocycles. The van der Waals surface area contributed by atoms with Gasteiger partial charge in [0.1, 0.15) is 0 Å². The van der Waals surface area contributed by atoms with Crippen molar-refractivity contribution >= 4 is 11.4 Å². The van der Waals surface area contributed by atoms with Gasteiger partial charge in [0.15, 0.2) is 0 Å². The predicted octanol–water partition coefficient (Wildman–Crippen LogP) is 3.29. The Hall–Kier alpha value is -2.63. The smallest absolute Gasteiger partial charge is 0.312 e. The Morgan fingerprint density at radius 3 is 2.50 bits per heavy atom. The van der Waals surface area contributed by atoms with Crippen LogP contribution in [-0.2, 0) is 0 Å². The molecule has 0 fully saturated rings. The minimum atomic E-state index is -0.456. The van der Waals surface area contributed by atoms with E-state index in [4.69, 9.17) is 10.5 Å². The van der Waals surface area contributed by atoms with E-state index in [1.54, 1.807) is 26.8 Å². The Morgan fingerprint density at radius 2 is 1.90 bits per heavy atom. The minimum absolute atomic E-state index is 0.0690. The molecular weight excluding hydrogens is 258 g/mol. The number of nitro benzene ring substituents is 1. The first-order valence-corrected chi connectivity index (χ1v) is 6.04. The summed E-state index contributed by atoms with van der Waals surface area (Å²) in [6.07, 6.45) is 1.46. The molecule has 0 amide bonds. The van der Waals surface area contributed by atoms with Gasteiger partial charge in [0.25, 0.3) is 0 Å². The molecule has 2 N–H and O–H groups in total. The lowest BCUT2D eigenvalue weighted by Gasteiger charge is -2.11. The summed E-state index contributed by atoms with van der Waals surface area (Å²) in [6.45, 7) is 5.35. The topological polar surface area (TPSA) is 91.3 Å². The molecule has 0 saturated heterocycles. The van der Waals surface area contributed by atoms with Crippen LogP contribution in [0.1, 0.15) is 16.7 Å². The second-order valence-corrected chi connectivity index (χ2v) is 4.68. The second-order valence-electron chi connectivity index (χ2n) is 4.68. The third kappa shape index (κ3) is 2.69. The first-order valence-electron chi connectivity index (χ1n) is 6.04. The van der Waals surface area contributed by atoms with Crippen LogP contribution in [0.3, 0.4) is 0 Å². The van der Waals surface area contributed by atoms with Crippen molar-refractivity contribution < 1.29 is 9.66 Å². The second kappa shape index (κ2) is 5.16. The lowest BCUT2D eigenvalue weighted by atomic mass is 10.1. The summed E-state index contributed by atoms with van der Waals surface area (Å²) in [5.74, 6) is 0.523. The molecule has 0 aliphatic rings. The highest BCUT2D eigenvalue weighted by Gasteiger charge is 2.20. The maximum absolute atomic E-state index is 11.1. The summed E-state index contributed by atoms with van der Waals surface area (Å²) in [4.78, 5) is 14.8. The number of hydrogen-bond donors (Lipinski definition) is 1. The average Bonchev–Trinajstić information content (AvgIpc) is 2.34. The third-order valence-corrected chi connectivity index (χ3v) is 2.85. The molecule has 6 nitrogen and oxygen atoms in total. The number of hydrogen-bond acceptors (Lipinski definition) is 5. The van der Waals surface area contributed by atoms with Gasteiger partial charge < -0.3 is 10.5 Å². The molecule has 0 atom stereocenters. The number of nitrogen functional groups attached to an aromatic ring is 1. The Morgan fingerprint density at radius 1 is 1.20 bits per heavy atom. The zero-order chi connectivity index (χ0) is 14.9. The lowest BCUT2D eigenvalue weighted by Crippen LogP contribution is -1.99. The van der Waals surface area contributed by atoms with Crippen molar-refractivity contribution in [2.24, 2.45) is 0 Å². The quantitative estimate of drug-likeness (QED) is 0.684. The van der Waals surface area contributed by atoms with Crippen LogP contribution in [0, 0.1) is 30.9 Å². The maximum atomic E-state index is 11.1. The zero-order valence-corrected chi connectivity index (χ0v) is 11.5. The Bertz CT molecular complexity index is 684. The molecule has 1 aromatic carbocycles. The van der Waals surface area contributed by atoms with Crippen molar-refractivity contribution in [2.75, 3.05) is 5.73 Å². The van der Waals surface area contributed by atoms with E-state index >= 15 is 0 Å². The van der Waals surface area contributed by atoms with Gasteiger partial charge in [-0.1, -0.05) is 6.07 Å². The number of aryl methyl sites for hydroxylation is 3. The molecule has 6 heteroatoms. The molecule has 20 heavy (non-hydrogen) atoms. The third-order valence-electron chi connectivity index (χ3n) is 2.85. The van der Waals surface area contributed by atoms with Crippen molar-refractivity contribution in [3.8, 4) is 11.6 Å². The first kappa shape index (κ1) is 13.8. The van der Waals surface area contributed by atoms with Crippen LogP contribution in [0.25, 0.3) is 0 Å². The van der Waals surface area contributed by atoms with Crippen LogP contribution in [0.15, 0.2) is 24.4 Å². The summed E-state index contributed by atoms with van der Waals surface area (Å²) in [5, 5.41) is 11.1. The van der Waals surface area contributed by atoms with Gasteiger partial charge >= 0.3 is 5.69 Å². The first-order chi connectivity index (χ1) is 9.38. The highest BCUT2D eigenvalue weighted by Crippen LogP contribution is 2.36. The molecular formula is C14H15N3O3. The van der Waals surface area contributed by atoms with Crippen LogP contribution in [0.2, 0.25) is 0 Å². The molecule has 1 aromatic heterocycles. The highest BCUT2D eigenvalue weighted by molar-refractivity contribution is 5.55. The maximum Gasteiger partial charge on any atom is 0.312 e. The monoisotopic (exact) mass is 273 g/mol.